The van der Waals surface area contributed by atoms with Gasteiger partial charge in [-0.25, -0.2) is 0 Å². The molecule has 0 aromatic heterocycles. The molecule has 1 atom stereocenters. The van der Waals surface area contributed by atoms with E-state index >= 15 is 0 Å². The second kappa shape index (κ2) is 22.8. The van der Waals surface area contributed by atoms with Gasteiger partial charge in [0.25, 0.3) is 0 Å². The Bertz CT molecular complexity index is 319. The first-order valence-electron chi connectivity index (χ1n) is 11.2. The fourth-order valence-corrected chi connectivity index (χ4v) is 3.44. The van der Waals surface area contributed by atoms with Crippen LogP contribution in [0, 0.1) is 0 Å². The number of hydrogen-bond acceptors (Lipinski definition) is 3. The minimum atomic E-state index is -1.89. The molecule has 0 spiro atoms. The molecule has 3 nitrogen and oxygen atoms in total. The van der Waals surface area contributed by atoms with Crippen molar-refractivity contribution in [3.05, 3.63) is 12.2 Å². The SMILES string of the molecule is CCCCCCCC/C=C\CCCCCCCCO[P+](=O)OCCCC. The summed E-state index contributed by atoms with van der Waals surface area (Å²) >= 11 is 0. The zero-order chi connectivity index (χ0) is 19.1. The van der Waals surface area contributed by atoms with E-state index in [4.69, 9.17) is 9.05 Å². The van der Waals surface area contributed by atoms with Crippen molar-refractivity contribution in [2.24, 2.45) is 0 Å². The third kappa shape index (κ3) is 21.8. The standard InChI is InChI=1S/C22H44O3P/c1-3-5-7-8-9-10-11-12-13-14-15-16-17-18-19-20-22-25-26(23)24-21-6-4-2/h12-13H,3-11,14-22H2,1-2H3/q+1/b13-12-. The monoisotopic (exact) mass is 387 g/mol. The second-order valence-corrected chi connectivity index (χ2v) is 8.15. The first kappa shape index (κ1) is 25.8. The Hall–Kier alpha value is -0.240. The molecule has 0 rings (SSSR count). The van der Waals surface area contributed by atoms with Gasteiger partial charge in [0, 0.05) is 4.57 Å². The van der Waals surface area contributed by atoms with Crippen molar-refractivity contribution in [1.29, 1.82) is 0 Å². The Kier molecular flexibility index (Phi) is 22.6. The minimum Gasteiger partial charge on any atom is -0.119 e. The van der Waals surface area contributed by atoms with E-state index in [-0.39, 0.29) is 0 Å². The van der Waals surface area contributed by atoms with Crippen LogP contribution in [-0.4, -0.2) is 13.2 Å². The van der Waals surface area contributed by atoms with Crippen LogP contribution < -0.4 is 0 Å². The van der Waals surface area contributed by atoms with Crippen LogP contribution in [0.25, 0.3) is 0 Å². The van der Waals surface area contributed by atoms with Gasteiger partial charge in [-0.15, -0.1) is 9.05 Å². The molecule has 0 saturated carbocycles. The molecule has 0 fully saturated rings. The van der Waals surface area contributed by atoms with Crippen LogP contribution in [0.5, 0.6) is 0 Å². The predicted octanol–water partition coefficient (Wildman–Crippen LogP) is 8.51. The smallest absolute Gasteiger partial charge is 0.119 e. The third-order valence-corrected chi connectivity index (χ3v) is 5.33. The molecule has 0 heterocycles. The lowest BCUT2D eigenvalue weighted by atomic mass is 10.1. The highest BCUT2D eigenvalue weighted by Crippen LogP contribution is 2.24. The van der Waals surface area contributed by atoms with E-state index in [0.29, 0.717) is 13.2 Å². The van der Waals surface area contributed by atoms with E-state index in [1.54, 1.807) is 0 Å². The quantitative estimate of drug-likeness (QED) is 0.112. The molecular formula is C22H44O3P+. The molecule has 0 bridgehead atoms. The van der Waals surface area contributed by atoms with Crippen molar-refractivity contribution < 1.29 is 13.6 Å². The normalized spacial score (nSPS) is 12.2. The Morgan fingerprint density at radius 2 is 1.00 bits per heavy atom. The average Bonchev–Trinajstić information content (AvgIpc) is 2.64. The van der Waals surface area contributed by atoms with Crippen LogP contribution in [0.1, 0.15) is 117 Å². The first-order valence-corrected chi connectivity index (χ1v) is 12.3. The van der Waals surface area contributed by atoms with Crippen LogP contribution in [0.15, 0.2) is 12.2 Å². The number of allylic oxidation sites excluding steroid dienone is 2. The van der Waals surface area contributed by atoms with Crippen molar-refractivity contribution >= 4 is 8.25 Å². The van der Waals surface area contributed by atoms with Crippen LogP contribution in [0.2, 0.25) is 0 Å². The van der Waals surface area contributed by atoms with Crippen LogP contribution in [-0.2, 0) is 13.6 Å². The summed E-state index contributed by atoms with van der Waals surface area (Å²) in [6.45, 7) is 5.46. The highest BCUT2D eigenvalue weighted by Gasteiger charge is 2.18. The van der Waals surface area contributed by atoms with Gasteiger partial charge in [-0.05, 0) is 38.5 Å². The Morgan fingerprint density at radius 1 is 0.577 bits per heavy atom. The minimum absolute atomic E-state index is 0.541. The largest absolute Gasteiger partial charge is 0.697 e. The second-order valence-electron chi connectivity index (χ2n) is 7.18. The van der Waals surface area contributed by atoms with Crippen LogP contribution in [0.4, 0.5) is 0 Å². The van der Waals surface area contributed by atoms with E-state index in [0.717, 1.165) is 25.7 Å². The molecule has 0 aromatic carbocycles. The van der Waals surface area contributed by atoms with Gasteiger partial charge in [-0.1, -0.05) is 90.2 Å². The van der Waals surface area contributed by atoms with E-state index in [1.165, 1.54) is 77.0 Å². The van der Waals surface area contributed by atoms with Gasteiger partial charge in [0.1, 0.15) is 13.2 Å². The molecule has 0 amide bonds. The first-order chi connectivity index (χ1) is 12.8. The van der Waals surface area contributed by atoms with E-state index in [1.807, 2.05) is 0 Å². The highest BCUT2D eigenvalue weighted by molar-refractivity contribution is 7.33. The summed E-state index contributed by atoms with van der Waals surface area (Å²) in [6, 6.07) is 0. The predicted molar refractivity (Wildman–Crippen MR) is 114 cm³/mol. The fraction of sp³-hybridized carbons (Fsp3) is 0.909. The Labute approximate surface area is 164 Å². The summed E-state index contributed by atoms with van der Waals surface area (Å²) in [5.41, 5.74) is 0. The van der Waals surface area contributed by atoms with Gasteiger partial charge in [-0.3, -0.25) is 0 Å². The molecule has 0 aliphatic rings. The molecule has 4 heteroatoms. The lowest BCUT2D eigenvalue weighted by molar-refractivity contribution is 0.219. The summed E-state index contributed by atoms with van der Waals surface area (Å²) < 4.78 is 21.7. The summed E-state index contributed by atoms with van der Waals surface area (Å²) in [5.74, 6) is 0. The lowest BCUT2D eigenvalue weighted by Crippen LogP contribution is -1.91. The third-order valence-electron chi connectivity index (χ3n) is 4.55. The van der Waals surface area contributed by atoms with Crippen molar-refractivity contribution in [3.8, 4) is 0 Å². The van der Waals surface area contributed by atoms with Gasteiger partial charge < -0.3 is 0 Å². The van der Waals surface area contributed by atoms with Crippen molar-refractivity contribution in [1.82, 2.24) is 0 Å². The van der Waals surface area contributed by atoms with Gasteiger partial charge in [0.2, 0.25) is 0 Å². The fourth-order valence-electron chi connectivity index (χ4n) is 2.81. The molecule has 0 saturated heterocycles. The molecule has 0 aromatic rings. The Morgan fingerprint density at radius 3 is 1.54 bits per heavy atom. The summed E-state index contributed by atoms with van der Waals surface area (Å²) in [4.78, 5) is 0. The molecule has 1 unspecified atom stereocenters. The summed E-state index contributed by atoms with van der Waals surface area (Å²) in [6.07, 6.45) is 24.9. The van der Waals surface area contributed by atoms with Gasteiger partial charge in [0.05, 0.1) is 0 Å². The highest BCUT2D eigenvalue weighted by atomic mass is 31.1. The Balaban J connectivity index is 3.14. The molecule has 0 aliphatic carbocycles. The lowest BCUT2D eigenvalue weighted by Gasteiger charge is -1.99. The van der Waals surface area contributed by atoms with Gasteiger partial charge in [-0.2, -0.15) is 0 Å². The number of unbranched alkanes of at least 4 members (excludes halogenated alkanes) is 13. The summed E-state index contributed by atoms with van der Waals surface area (Å²) in [7, 11) is -1.89. The van der Waals surface area contributed by atoms with E-state index in [9.17, 15) is 4.57 Å². The maximum absolute atomic E-state index is 11.4. The van der Waals surface area contributed by atoms with Crippen molar-refractivity contribution in [3.63, 3.8) is 0 Å². The average molecular weight is 388 g/mol. The summed E-state index contributed by atoms with van der Waals surface area (Å²) in [5, 5.41) is 0. The molecule has 0 radical (unpaired) electrons. The molecular weight excluding hydrogens is 343 g/mol. The van der Waals surface area contributed by atoms with Crippen LogP contribution in [0.3, 0.4) is 0 Å². The van der Waals surface area contributed by atoms with Gasteiger partial charge in [0.15, 0.2) is 0 Å². The van der Waals surface area contributed by atoms with E-state index in [2.05, 4.69) is 26.0 Å². The zero-order valence-electron chi connectivity index (χ0n) is 17.6. The molecule has 0 aliphatic heterocycles. The molecule has 154 valence electrons. The maximum atomic E-state index is 11.4. The zero-order valence-corrected chi connectivity index (χ0v) is 18.4. The topological polar surface area (TPSA) is 35.5 Å². The number of hydrogen-bond donors (Lipinski definition) is 0. The molecule has 26 heavy (non-hydrogen) atoms. The van der Waals surface area contributed by atoms with Gasteiger partial charge >= 0.3 is 8.25 Å². The molecule has 0 N–H and O–H groups in total. The maximum Gasteiger partial charge on any atom is 0.697 e. The van der Waals surface area contributed by atoms with Crippen molar-refractivity contribution in [2.75, 3.05) is 13.2 Å². The van der Waals surface area contributed by atoms with Crippen molar-refractivity contribution in [2.45, 2.75) is 117 Å². The number of rotatable bonds is 21. The van der Waals surface area contributed by atoms with E-state index < -0.39 is 8.25 Å². The van der Waals surface area contributed by atoms with Crippen LogP contribution >= 0.6 is 8.25 Å².